The minimum atomic E-state index is -0.764. The summed E-state index contributed by atoms with van der Waals surface area (Å²) in [6.07, 6.45) is 1.55. The number of aromatic nitrogens is 2. The van der Waals surface area contributed by atoms with Gasteiger partial charge < -0.3 is 9.52 Å². The van der Waals surface area contributed by atoms with Crippen LogP contribution in [0.1, 0.15) is 31.5 Å². The van der Waals surface area contributed by atoms with E-state index >= 15 is 0 Å². The van der Waals surface area contributed by atoms with Gasteiger partial charge in [-0.25, -0.2) is 0 Å². The van der Waals surface area contributed by atoms with Gasteiger partial charge in [-0.1, -0.05) is 6.92 Å². The minimum Gasteiger partial charge on any atom is -0.481 e. The zero-order valence-corrected chi connectivity index (χ0v) is 9.64. The number of hydrogen-bond donors (Lipinski definition) is 1. The van der Waals surface area contributed by atoms with Crippen LogP contribution in [0.2, 0.25) is 0 Å². The molecule has 0 atom stereocenters. The number of carbonyl (C=O) groups is 1. The van der Waals surface area contributed by atoms with Crippen molar-refractivity contribution in [3.05, 3.63) is 11.8 Å². The standard InChI is InChI=1S/C10H17N3O3/c1-3-8-11-12-9(16-8)7-13(2)6-4-5-10(14)15/h3-7H2,1-2H3,(H,14,15). The van der Waals surface area contributed by atoms with Crippen LogP contribution in [-0.4, -0.2) is 39.8 Å². The molecular formula is C10H17N3O3. The van der Waals surface area contributed by atoms with Gasteiger partial charge in [0.1, 0.15) is 0 Å². The predicted molar refractivity (Wildman–Crippen MR) is 56.9 cm³/mol. The SMILES string of the molecule is CCc1nnc(CN(C)CCCC(=O)O)o1. The normalized spacial score (nSPS) is 10.9. The van der Waals surface area contributed by atoms with Crippen molar-refractivity contribution in [3.63, 3.8) is 0 Å². The molecular weight excluding hydrogens is 210 g/mol. The maximum absolute atomic E-state index is 10.3. The molecule has 6 heteroatoms. The van der Waals surface area contributed by atoms with Crippen LogP contribution < -0.4 is 0 Å². The van der Waals surface area contributed by atoms with E-state index < -0.39 is 5.97 Å². The van der Waals surface area contributed by atoms with E-state index in [1.807, 2.05) is 18.9 Å². The summed E-state index contributed by atoms with van der Waals surface area (Å²) in [7, 11) is 1.90. The van der Waals surface area contributed by atoms with Crippen LogP contribution in [0, 0.1) is 0 Å². The van der Waals surface area contributed by atoms with Crippen molar-refractivity contribution in [1.82, 2.24) is 15.1 Å². The van der Waals surface area contributed by atoms with Crippen molar-refractivity contribution in [2.24, 2.45) is 0 Å². The number of aryl methyl sites for hydroxylation is 1. The van der Waals surface area contributed by atoms with E-state index in [1.165, 1.54) is 0 Å². The Morgan fingerprint density at radius 2 is 2.12 bits per heavy atom. The zero-order chi connectivity index (χ0) is 12.0. The van der Waals surface area contributed by atoms with Crippen molar-refractivity contribution in [2.75, 3.05) is 13.6 Å². The van der Waals surface area contributed by atoms with Crippen molar-refractivity contribution in [3.8, 4) is 0 Å². The van der Waals surface area contributed by atoms with Gasteiger partial charge in [0.05, 0.1) is 6.54 Å². The summed E-state index contributed by atoms with van der Waals surface area (Å²) in [6, 6.07) is 0. The van der Waals surface area contributed by atoms with E-state index in [1.54, 1.807) is 0 Å². The largest absolute Gasteiger partial charge is 0.481 e. The molecule has 90 valence electrons. The van der Waals surface area contributed by atoms with Gasteiger partial charge in [-0.2, -0.15) is 0 Å². The second kappa shape index (κ2) is 6.22. The van der Waals surface area contributed by atoms with Gasteiger partial charge in [0.25, 0.3) is 0 Å². The topological polar surface area (TPSA) is 79.5 Å². The number of rotatable bonds is 7. The molecule has 0 aliphatic rings. The molecule has 0 radical (unpaired) electrons. The average Bonchev–Trinajstić information content (AvgIpc) is 2.65. The summed E-state index contributed by atoms with van der Waals surface area (Å²) in [4.78, 5) is 12.3. The highest BCUT2D eigenvalue weighted by atomic mass is 16.4. The molecule has 6 nitrogen and oxygen atoms in total. The maximum atomic E-state index is 10.3. The first-order valence-electron chi connectivity index (χ1n) is 5.33. The first kappa shape index (κ1) is 12.6. The third-order valence-electron chi connectivity index (χ3n) is 2.15. The lowest BCUT2D eigenvalue weighted by Gasteiger charge is -2.12. The van der Waals surface area contributed by atoms with E-state index in [2.05, 4.69) is 10.2 Å². The van der Waals surface area contributed by atoms with Gasteiger partial charge in [0, 0.05) is 12.8 Å². The lowest BCUT2D eigenvalue weighted by Crippen LogP contribution is -2.20. The molecule has 1 aromatic heterocycles. The second-order valence-corrected chi connectivity index (χ2v) is 3.68. The van der Waals surface area contributed by atoms with Crippen LogP contribution in [0.5, 0.6) is 0 Å². The molecule has 0 fully saturated rings. The highest BCUT2D eigenvalue weighted by molar-refractivity contribution is 5.66. The van der Waals surface area contributed by atoms with Crippen LogP contribution in [0.25, 0.3) is 0 Å². The van der Waals surface area contributed by atoms with Crippen molar-refractivity contribution < 1.29 is 14.3 Å². The molecule has 0 bridgehead atoms. The number of carboxylic acids is 1. The third kappa shape index (κ3) is 4.39. The fourth-order valence-corrected chi connectivity index (χ4v) is 1.31. The molecule has 0 unspecified atom stereocenters. The van der Waals surface area contributed by atoms with E-state index in [0.29, 0.717) is 31.3 Å². The smallest absolute Gasteiger partial charge is 0.303 e. The van der Waals surface area contributed by atoms with E-state index in [-0.39, 0.29) is 6.42 Å². The van der Waals surface area contributed by atoms with Gasteiger partial charge in [0.2, 0.25) is 11.8 Å². The molecule has 1 rings (SSSR count). The molecule has 0 aromatic carbocycles. The number of carboxylic acid groups (broad SMARTS) is 1. The summed E-state index contributed by atoms with van der Waals surface area (Å²) >= 11 is 0. The monoisotopic (exact) mass is 227 g/mol. The van der Waals surface area contributed by atoms with E-state index in [4.69, 9.17) is 9.52 Å². The zero-order valence-electron chi connectivity index (χ0n) is 9.64. The van der Waals surface area contributed by atoms with Crippen LogP contribution in [0.4, 0.5) is 0 Å². The fourth-order valence-electron chi connectivity index (χ4n) is 1.31. The Hall–Kier alpha value is -1.43. The molecule has 0 aliphatic carbocycles. The molecule has 1 heterocycles. The van der Waals surface area contributed by atoms with Crippen molar-refractivity contribution >= 4 is 5.97 Å². The molecule has 0 amide bonds. The average molecular weight is 227 g/mol. The number of hydrogen-bond acceptors (Lipinski definition) is 5. The Morgan fingerprint density at radius 1 is 1.44 bits per heavy atom. The third-order valence-corrected chi connectivity index (χ3v) is 2.15. The van der Waals surface area contributed by atoms with Crippen LogP contribution in [0.15, 0.2) is 4.42 Å². The second-order valence-electron chi connectivity index (χ2n) is 3.68. The summed E-state index contributed by atoms with van der Waals surface area (Å²) in [5, 5.41) is 16.2. The Labute approximate surface area is 94.3 Å². The fraction of sp³-hybridized carbons (Fsp3) is 0.700. The van der Waals surface area contributed by atoms with Crippen LogP contribution in [-0.2, 0) is 17.8 Å². The van der Waals surface area contributed by atoms with Gasteiger partial charge in [0.15, 0.2) is 0 Å². The summed E-state index contributed by atoms with van der Waals surface area (Å²) in [5.74, 6) is 0.447. The summed E-state index contributed by atoms with van der Waals surface area (Å²) < 4.78 is 5.35. The van der Waals surface area contributed by atoms with E-state index in [0.717, 1.165) is 6.42 Å². The van der Waals surface area contributed by atoms with E-state index in [9.17, 15) is 4.79 Å². The Kier molecular flexibility index (Phi) is 4.91. The maximum Gasteiger partial charge on any atom is 0.303 e. The Bertz CT molecular complexity index is 338. The highest BCUT2D eigenvalue weighted by Gasteiger charge is 2.08. The van der Waals surface area contributed by atoms with Gasteiger partial charge in [-0.3, -0.25) is 9.69 Å². The number of nitrogens with zero attached hydrogens (tertiary/aromatic N) is 3. The molecule has 1 aromatic rings. The predicted octanol–water partition coefficient (Wildman–Crippen LogP) is 0.929. The van der Waals surface area contributed by atoms with Gasteiger partial charge >= 0.3 is 5.97 Å². The molecule has 0 aliphatic heterocycles. The van der Waals surface area contributed by atoms with Crippen molar-refractivity contribution in [2.45, 2.75) is 32.7 Å². The summed E-state index contributed by atoms with van der Waals surface area (Å²) in [5.41, 5.74) is 0. The molecule has 0 saturated heterocycles. The first-order valence-corrected chi connectivity index (χ1v) is 5.33. The van der Waals surface area contributed by atoms with Gasteiger partial charge in [-0.05, 0) is 20.0 Å². The molecule has 1 N–H and O–H groups in total. The Balaban J connectivity index is 2.28. The molecule has 0 saturated carbocycles. The van der Waals surface area contributed by atoms with Crippen molar-refractivity contribution in [1.29, 1.82) is 0 Å². The Morgan fingerprint density at radius 3 is 2.69 bits per heavy atom. The van der Waals surface area contributed by atoms with Crippen LogP contribution >= 0.6 is 0 Å². The molecule has 16 heavy (non-hydrogen) atoms. The van der Waals surface area contributed by atoms with Crippen LogP contribution in [0.3, 0.4) is 0 Å². The minimum absolute atomic E-state index is 0.189. The first-order chi connectivity index (χ1) is 7.61. The number of aliphatic carboxylic acids is 1. The quantitative estimate of drug-likeness (QED) is 0.746. The highest BCUT2D eigenvalue weighted by Crippen LogP contribution is 2.04. The summed E-state index contributed by atoms with van der Waals surface area (Å²) in [6.45, 7) is 3.22. The lowest BCUT2D eigenvalue weighted by molar-refractivity contribution is -0.137. The molecule has 0 spiro atoms. The van der Waals surface area contributed by atoms with Gasteiger partial charge in [-0.15, -0.1) is 10.2 Å². The lowest BCUT2D eigenvalue weighted by atomic mass is 10.3.